The summed E-state index contributed by atoms with van der Waals surface area (Å²) in [4.78, 5) is 9.04. The maximum absolute atomic E-state index is 9.43. The molecule has 0 bridgehead atoms. The van der Waals surface area contributed by atoms with Crippen molar-refractivity contribution in [1.82, 2.24) is 4.98 Å². The van der Waals surface area contributed by atoms with E-state index in [9.17, 15) is 5.11 Å². The van der Waals surface area contributed by atoms with Crippen LogP contribution in [0.5, 0.6) is 0 Å². The number of pyridine rings is 1. The zero-order chi connectivity index (χ0) is 13.8. The molecular weight excluding hydrogens is 250 g/mol. The predicted molar refractivity (Wildman–Crippen MR) is 81.0 cm³/mol. The molecule has 20 heavy (non-hydrogen) atoms. The van der Waals surface area contributed by atoms with Crippen molar-refractivity contribution >= 4 is 11.5 Å². The third-order valence-electron chi connectivity index (χ3n) is 3.76. The lowest BCUT2D eigenvalue weighted by Crippen LogP contribution is -2.47. The summed E-state index contributed by atoms with van der Waals surface area (Å²) in [6.45, 7) is 3.91. The van der Waals surface area contributed by atoms with Gasteiger partial charge in [0.25, 0.3) is 0 Å². The topological polar surface area (TPSA) is 39.6 Å². The van der Waals surface area contributed by atoms with Crippen LogP contribution in [0.2, 0.25) is 0 Å². The molecule has 1 aromatic carbocycles. The molecular formula is C16H19N3O. The average Bonchev–Trinajstić information content (AvgIpc) is 2.56. The lowest BCUT2D eigenvalue weighted by molar-refractivity contribution is 0.282. The molecule has 1 fully saturated rings. The second-order valence-electron chi connectivity index (χ2n) is 4.95. The van der Waals surface area contributed by atoms with Gasteiger partial charge < -0.3 is 14.9 Å². The second kappa shape index (κ2) is 5.92. The first-order chi connectivity index (χ1) is 9.88. The van der Waals surface area contributed by atoms with Crippen molar-refractivity contribution < 1.29 is 5.11 Å². The van der Waals surface area contributed by atoms with Crippen LogP contribution in [0, 0.1) is 0 Å². The van der Waals surface area contributed by atoms with Gasteiger partial charge in [-0.1, -0.05) is 24.3 Å². The summed E-state index contributed by atoms with van der Waals surface area (Å²) in [5.74, 6) is 1.04. The van der Waals surface area contributed by atoms with E-state index in [1.165, 1.54) is 0 Å². The van der Waals surface area contributed by atoms with E-state index < -0.39 is 0 Å². The molecule has 104 valence electrons. The molecule has 4 heteroatoms. The van der Waals surface area contributed by atoms with Crippen LogP contribution in [-0.4, -0.2) is 36.3 Å². The Balaban J connectivity index is 1.70. The van der Waals surface area contributed by atoms with E-state index in [1.54, 1.807) is 0 Å². The van der Waals surface area contributed by atoms with Crippen molar-refractivity contribution in [2.45, 2.75) is 6.61 Å². The third kappa shape index (κ3) is 2.60. The fourth-order valence-electron chi connectivity index (χ4n) is 2.67. The van der Waals surface area contributed by atoms with E-state index in [1.807, 2.05) is 36.5 Å². The third-order valence-corrected chi connectivity index (χ3v) is 3.76. The maximum Gasteiger partial charge on any atom is 0.128 e. The molecule has 2 heterocycles. The molecule has 1 saturated heterocycles. The minimum Gasteiger partial charge on any atom is -0.392 e. The highest BCUT2D eigenvalue weighted by Crippen LogP contribution is 2.23. The number of aliphatic hydroxyl groups is 1. The van der Waals surface area contributed by atoms with Crippen LogP contribution < -0.4 is 9.80 Å². The number of hydrogen-bond acceptors (Lipinski definition) is 4. The van der Waals surface area contributed by atoms with Gasteiger partial charge in [0.1, 0.15) is 5.82 Å². The number of nitrogens with zero attached hydrogens (tertiary/aromatic N) is 3. The lowest BCUT2D eigenvalue weighted by atomic mass is 10.1. The van der Waals surface area contributed by atoms with Crippen molar-refractivity contribution in [3.8, 4) is 0 Å². The normalized spacial score (nSPS) is 15.4. The first-order valence-electron chi connectivity index (χ1n) is 6.98. The molecule has 1 aliphatic heterocycles. The van der Waals surface area contributed by atoms with E-state index in [-0.39, 0.29) is 6.61 Å². The SMILES string of the molecule is OCc1ccccc1N1CCN(c2ccccn2)CC1. The van der Waals surface area contributed by atoms with Gasteiger partial charge in [0.05, 0.1) is 6.61 Å². The zero-order valence-electron chi connectivity index (χ0n) is 11.4. The quantitative estimate of drug-likeness (QED) is 0.924. The average molecular weight is 269 g/mol. The van der Waals surface area contributed by atoms with Crippen LogP contribution >= 0.6 is 0 Å². The smallest absolute Gasteiger partial charge is 0.128 e. The van der Waals surface area contributed by atoms with Crippen molar-refractivity contribution in [1.29, 1.82) is 0 Å². The Morgan fingerprint density at radius 2 is 1.60 bits per heavy atom. The predicted octanol–water partition coefficient (Wildman–Crippen LogP) is 1.90. The molecule has 0 unspecified atom stereocenters. The number of aromatic nitrogens is 1. The molecule has 1 aliphatic rings. The number of hydrogen-bond donors (Lipinski definition) is 1. The molecule has 1 N–H and O–H groups in total. The Bertz CT molecular complexity index is 551. The van der Waals surface area contributed by atoms with Gasteiger partial charge in [-0.15, -0.1) is 0 Å². The summed E-state index contributed by atoms with van der Waals surface area (Å²) in [5, 5.41) is 9.43. The van der Waals surface area contributed by atoms with Crippen molar-refractivity contribution in [3.63, 3.8) is 0 Å². The van der Waals surface area contributed by atoms with Crippen LogP contribution in [0.15, 0.2) is 48.7 Å². The van der Waals surface area contributed by atoms with Crippen molar-refractivity contribution in [3.05, 3.63) is 54.2 Å². The Kier molecular flexibility index (Phi) is 3.83. The number of piperazine rings is 1. The van der Waals surface area contributed by atoms with Gasteiger partial charge in [0.2, 0.25) is 0 Å². The molecule has 3 rings (SSSR count). The number of aliphatic hydroxyl groups excluding tert-OH is 1. The lowest BCUT2D eigenvalue weighted by Gasteiger charge is -2.37. The highest BCUT2D eigenvalue weighted by molar-refractivity contribution is 5.55. The van der Waals surface area contributed by atoms with Crippen LogP contribution in [-0.2, 0) is 6.61 Å². The number of anilines is 2. The van der Waals surface area contributed by atoms with Crippen LogP contribution in [0.25, 0.3) is 0 Å². The monoisotopic (exact) mass is 269 g/mol. The Morgan fingerprint density at radius 1 is 0.900 bits per heavy atom. The number of benzene rings is 1. The van der Waals surface area contributed by atoms with E-state index in [0.717, 1.165) is 43.2 Å². The first-order valence-corrected chi connectivity index (χ1v) is 6.98. The Labute approximate surface area is 119 Å². The largest absolute Gasteiger partial charge is 0.392 e. The van der Waals surface area contributed by atoms with E-state index in [4.69, 9.17) is 0 Å². The summed E-state index contributed by atoms with van der Waals surface area (Å²) >= 11 is 0. The Hall–Kier alpha value is -2.07. The number of rotatable bonds is 3. The molecule has 4 nitrogen and oxygen atoms in total. The minimum atomic E-state index is 0.0939. The summed E-state index contributed by atoms with van der Waals surface area (Å²) in [6, 6.07) is 14.1. The highest BCUT2D eigenvalue weighted by Gasteiger charge is 2.19. The van der Waals surface area contributed by atoms with Gasteiger partial charge in [0, 0.05) is 43.6 Å². The zero-order valence-corrected chi connectivity index (χ0v) is 11.4. The summed E-state index contributed by atoms with van der Waals surface area (Å²) < 4.78 is 0. The summed E-state index contributed by atoms with van der Waals surface area (Å²) in [6.07, 6.45) is 1.84. The van der Waals surface area contributed by atoms with Gasteiger partial charge in [-0.3, -0.25) is 0 Å². The van der Waals surface area contributed by atoms with Crippen molar-refractivity contribution in [2.24, 2.45) is 0 Å². The highest BCUT2D eigenvalue weighted by atomic mass is 16.3. The standard InChI is InChI=1S/C16H19N3O/c20-13-14-5-1-2-6-15(14)18-9-11-19(12-10-18)16-7-3-4-8-17-16/h1-8,20H,9-13H2. The number of para-hydroxylation sites is 1. The summed E-state index contributed by atoms with van der Waals surface area (Å²) in [5.41, 5.74) is 2.15. The van der Waals surface area contributed by atoms with Gasteiger partial charge in [-0.05, 0) is 18.2 Å². The van der Waals surface area contributed by atoms with Crippen LogP contribution in [0.4, 0.5) is 11.5 Å². The van der Waals surface area contributed by atoms with Gasteiger partial charge in [-0.2, -0.15) is 0 Å². The van der Waals surface area contributed by atoms with Gasteiger partial charge >= 0.3 is 0 Å². The molecule has 1 aromatic heterocycles. The van der Waals surface area contributed by atoms with Crippen LogP contribution in [0.1, 0.15) is 5.56 Å². The maximum atomic E-state index is 9.43. The van der Waals surface area contributed by atoms with Gasteiger partial charge in [0.15, 0.2) is 0 Å². The molecule has 0 aliphatic carbocycles. The summed E-state index contributed by atoms with van der Waals surface area (Å²) in [7, 11) is 0. The molecule has 0 saturated carbocycles. The van der Waals surface area contributed by atoms with Crippen LogP contribution in [0.3, 0.4) is 0 Å². The molecule has 2 aromatic rings. The fourth-order valence-corrected chi connectivity index (χ4v) is 2.67. The van der Waals surface area contributed by atoms with Crippen molar-refractivity contribution in [2.75, 3.05) is 36.0 Å². The van der Waals surface area contributed by atoms with Gasteiger partial charge in [-0.25, -0.2) is 4.98 Å². The molecule has 0 amide bonds. The first kappa shape index (κ1) is 12.9. The molecule has 0 atom stereocenters. The van der Waals surface area contributed by atoms with E-state index in [0.29, 0.717) is 0 Å². The second-order valence-corrected chi connectivity index (χ2v) is 4.95. The molecule has 0 radical (unpaired) electrons. The minimum absolute atomic E-state index is 0.0939. The fraction of sp³-hybridized carbons (Fsp3) is 0.312. The van der Waals surface area contributed by atoms with E-state index in [2.05, 4.69) is 26.9 Å². The Morgan fingerprint density at radius 3 is 2.30 bits per heavy atom. The molecule has 0 spiro atoms. The van der Waals surface area contributed by atoms with E-state index >= 15 is 0 Å².